The minimum Gasteiger partial charge on any atom is -0.418 e. The molecule has 1 aliphatic heterocycles. The smallest absolute Gasteiger partial charge is 0.325 e. The Hall–Kier alpha value is -1.74. The van der Waals surface area contributed by atoms with Crippen molar-refractivity contribution in [3.8, 4) is 10.8 Å². The zero-order valence-corrected chi connectivity index (χ0v) is 16.0. The fraction of sp³-hybridized carbons (Fsp3) is 0.500. The molecule has 9 heteroatoms. The predicted molar refractivity (Wildman–Crippen MR) is 94.8 cm³/mol. The highest BCUT2D eigenvalue weighted by Gasteiger charge is 2.55. The van der Waals surface area contributed by atoms with Crippen LogP contribution in [0.25, 0.3) is 10.8 Å². The molecule has 3 heterocycles. The number of hydrogen-bond acceptors (Lipinski definition) is 6. The number of imide groups is 1. The highest BCUT2D eigenvalue weighted by Crippen LogP contribution is 2.38. The van der Waals surface area contributed by atoms with E-state index in [0.717, 1.165) is 27.9 Å². The quantitative estimate of drug-likeness (QED) is 0.760. The van der Waals surface area contributed by atoms with Crippen molar-refractivity contribution >= 4 is 39.2 Å². The van der Waals surface area contributed by atoms with Gasteiger partial charge in [-0.3, -0.25) is 9.69 Å². The van der Waals surface area contributed by atoms with Gasteiger partial charge in [0.25, 0.3) is 11.8 Å². The molecule has 0 aromatic carbocycles. The van der Waals surface area contributed by atoms with Crippen LogP contribution in [0.1, 0.15) is 38.5 Å². The molecule has 0 bridgehead atoms. The van der Waals surface area contributed by atoms with Crippen molar-refractivity contribution in [3.05, 3.63) is 21.8 Å². The SMILES string of the molecule is C[C@@H]1CCCC[C@@]12NC(=O)N(Cc1nnc(-c3ccc(Br)s3)o1)C2=O. The molecule has 2 atom stereocenters. The molecular formula is C16H17BrN4O3S. The van der Waals surface area contributed by atoms with Gasteiger partial charge in [-0.25, -0.2) is 4.79 Å². The van der Waals surface area contributed by atoms with Gasteiger partial charge < -0.3 is 9.73 Å². The molecule has 7 nitrogen and oxygen atoms in total. The van der Waals surface area contributed by atoms with Gasteiger partial charge in [0.1, 0.15) is 12.1 Å². The largest absolute Gasteiger partial charge is 0.418 e. The Balaban J connectivity index is 1.54. The average Bonchev–Trinajstić information content (AvgIpc) is 3.27. The van der Waals surface area contributed by atoms with Crippen molar-refractivity contribution in [1.82, 2.24) is 20.4 Å². The zero-order chi connectivity index (χ0) is 17.6. The summed E-state index contributed by atoms with van der Waals surface area (Å²) in [5.74, 6) is 0.592. The molecule has 1 aliphatic carbocycles. The van der Waals surface area contributed by atoms with Gasteiger partial charge in [0.05, 0.1) is 8.66 Å². The van der Waals surface area contributed by atoms with Crippen LogP contribution >= 0.6 is 27.3 Å². The average molecular weight is 425 g/mol. The topological polar surface area (TPSA) is 88.3 Å². The van der Waals surface area contributed by atoms with Crippen molar-refractivity contribution < 1.29 is 14.0 Å². The second-order valence-electron chi connectivity index (χ2n) is 6.54. The molecule has 2 aromatic rings. The van der Waals surface area contributed by atoms with Gasteiger partial charge in [0.2, 0.25) is 5.89 Å². The summed E-state index contributed by atoms with van der Waals surface area (Å²) >= 11 is 4.87. The van der Waals surface area contributed by atoms with E-state index >= 15 is 0 Å². The van der Waals surface area contributed by atoms with E-state index in [0.29, 0.717) is 12.3 Å². The molecule has 0 radical (unpaired) electrons. The van der Waals surface area contributed by atoms with Crippen LogP contribution in [0.15, 0.2) is 20.3 Å². The van der Waals surface area contributed by atoms with Crippen LogP contribution in [0.5, 0.6) is 0 Å². The van der Waals surface area contributed by atoms with E-state index in [1.165, 1.54) is 16.2 Å². The number of nitrogens with one attached hydrogen (secondary N) is 1. The molecule has 0 unspecified atom stereocenters. The van der Waals surface area contributed by atoms with Crippen molar-refractivity contribution in [2.24, 2.45) is 5.92 Å². The molecule has 25 heavy (non-hydrogen) atoms. The number of aromatic nitrogens is 2. The molecule has 4 rings (SSSR count). The number of nitrogens with zero attached hydrogens (tertiary/aromatic N) is 3. The van der Waals surface area contributed by atoms with E-state index in [9.17, 15) is 9.59 Å². The Labute approximate surface area is 156 Å². The summed E-state index contributed by atoms with van der Waals surface area (Å²) < 4.78 is 6.60. The Morgan fingerprint density at radius 3 is 2.96 bits per heavy atom. The first kappa shape index (κ1) is 16.7. The number of urea groups is 1. The van der Waals surface area contributed by atoms with Crippen LogP contribution in [0.4, 0.5) is 4.79 Å². The Bertz CT molecular complexity index is 835. The summed E-state index contributed by atoms with van der Waals surface area (Å²) in [6.07, 6.45) is 3.67. The van der Waals surface area contributed by atoms with E-state index < -0.39 is 5.54 Å². The van der Waals surface area contributed by atoms with Gasteiger partial charge in [-0.15, -0.1) is 21.5 Å². The molecule has 1 saturated carbocycles. The number of hydrogen-bond donors (Lipinski definition) is 1. The molecule has 1 saturated heterocycles. The van der Waals surface area contributed by atoms with Crippen molar-refractivity contribution in [1.29, 1.82) is 0 Å². The molecule has 3 amide bonds. The highest BCUT2D eigenvalue weighted by molar-refractivity contribution is 9.11. The van der Waals surface area contributed by atoms with Gasteiger partial charge in [-0.05, 0) is 46.8 Å². The minimum atomic E-state index is -0.767. The number of thiophene rings is 1. The Kier molecular flexibility index (Phi) is 4.15. The van der Waals surface area contributed by atoms with E-state index in [2.05, 4.69) is 31.4 Å². The predicted octanol–water partition coefficient (Wildman–Crippen LogP) is 3.56. The molecule has 2 fully saturated rings. The van der Waals surface area contributed by atoms with Crippen molar-refractivity contribution in [2.75, 3.05) is 0 Å². The molecule has 132 valence electrons. The lowest BCUT2D eigenvalue weighted by Gasteiger charge is -2.36. The first-order chi connectivity index (χ1) is 12.0. The van der Waals surface area contributed by atoms with E-state index in [1.54, 1.807) is 0 Å². The molecule has 2 aromatic heterocycles. The van der Waals surface area contributed by atoms with Gasteiger partial charge in [0.15, 0.2) is 0 Å². The number of halogens is 1. The van der Waals surface area contributed by atoms with Crippen LogP contribution in [0, 0.1) is 5.92 Å². The Morgan fingerprint density at radius 2 is 2.24 bits per heavy atom. The third-order valence-corrected chi connectivity index (χ3v) is 6.66. The fourth-order valence-electron chi connectivity index (χ4n) is 3.62. The van der Waals surface area contributed by atoms with Crippen molar-refractivity contribution in [3.63, 3.8) is 0 Å². The normalized spacial score (nSPS) is 26.5. The first-order valence-electron chi connectivity index (χ1n) is 8.22. The molecular weight excluding hydrogens is 408 g/mol. The van der Waals surface area contributed by atoms with Crippen LogP contribution in [0.2, 0.25) is 0 Å². The summed E-state index contributed by atoms with van der Waals surface area (Å²) in [7, 11) is 0. The maximum atomic E-state index is 12.9. The van der Waals surface area contributed by atoms with Crippen LogP contribution in [-0.2, 0) is 11.3 Å². The summed E-state index contributed by atoms with van der Waals surface area (Å²) in [5.41, 5.74) is -0.767. The fourth-order valence-corrected chi connectivity index (χ4v) is 4.93. The van der Waals surface area contributed by atoms with E-state index in [4.69, 9.17) is 4.42 Å². The highest BCUT2D eigenvalue weighted by atomic mass is 79.9. The van der Waals surface area contributed by atoms with Crippen LogP contribution < -0.4 is 5.32 Å². The molecule has 1 spiro atoms. The number of carbonyl (C=O) groups excluding carboxylic acids is 2. The summed E-state index contributed by atoms with van der Waals surface area (Å²) in [4.78, 5) is 27.4. The maximum Gasteiger partial charge on any atom is 0.325 e. The van der Waals surface area contributed by atoms with E-state index in [1.807, 2.05) is 19.1 Å². The molecule has 2 aliphatic rings. The van der Waals surface area contributed by atoms with Crippen molar-refractivity contribution in [2.45, 2.75) is 44.7 Å². The second-order valence-corrected chi connectivity index (χ2v) is 9.01. The van der Waals surface area contributed by atoms with Gasteiger partial charge >= 0.3 is 6.03 Å². The number of amides is 3. The second kappa shape index (κ2) is 6.21. The first-order valence-corrected chi connectivity index (χ1v) is 9.83. The van der Waals surface area contributed by atoms with Gasteiger partial charge in [0, 0.05) is 0 Å². The summed E-state index contributed by atoms with van der Waals surface area (Å²) in [6, 6.07) is 3.39. The summed E-state index contributed by atoms with van der Waals surface area (Å²) in [5, 5.41) is 10.9. The lowest BCUT2D eigenvalue weighted by molar-refractivity contribution is -0.134. The number of rotatable bonds is 3. The van der Waals surface area contributed by atoms with Crippen LogP contribution in [-0.4, -0.2) is 32.6 Å². The standard InChI is InChI=1S/C16H17BrN4O3S/c1-9-4-2-3-7-16(9)14(22)21(15(23)18-16)8-12-19-20-13(24-12)10-5-6-11(17)25-10/h5-6,9H,2-4,7-8H2,1H3,(H,18,23)/t9-,16-/m1/s1. The lowest BCUT2D eigenvalue weighted by Crippen LogP contribution is -2.53. The summed E-state index contributed by atoms with van der Waals surface area (Å²) in [6.45, 7) is 2.03. The molecule has 1 N–H and O–H groups in total. The Morgan fingerprint density at radius 1 is 1.40 bits per heavy atom. The van der Waals surface area contributed by atoms with Gasteiger partial charge in [-0.2, -0.15) is 0 Å². The number of carbonyl (C=O) groups is 2. The van der Waals surface area contributed by atoms with Gasteiger partial charge in [-0.1, -0.05) is 19.8 Å². The third kappa shape index (κ3) is 2.79. The van der Waals surface area contributed by atoms with E-state index in [-0.39, 0.29) is 30.3 Å². The monoisotopic (exact) mass is 424 g/mol. The zero-order valence-electron chi connectivity index (χ0n) is 13.6. The maximum absolute atomic E-state index is 12.9. The minimum absolute atomic E-state index is 0.00131. The third-order valence-electron chi connectivity index (χ3n) is 5.05. The lowest BCUT2D eigenvalue weighted by atomic mass is 9.73. The van der Waals surface area contributed by atoms with Crippen LogP contribution in [0.3, 0.4) is 0 Å².